The lowest BCUT2D eigenvalue weighted by molar-refractivity contribution is -0.142. The van der Waals surface area contributed by atoms with Crippen LogP contribution in [0.3, 0.4) is 0 Å². The molecule has 2 aromatic rings. The van der Waals surface area contributed by atoms with E-state index in [1.165, 1.54) is 0 Å². The van der Waals surface area contributed by atoms with E-state index in [2.05, 4.69) is 15.3 Å². The lowest BCUT2D eigenvalue weighted by Crippen LogP contribution is -2.40. The average molecular weight is 319 g/mol. The molecule has 0 spiro atoms. The van der Waals surface area contributed by atoms with Gasteiger partial charge in [0.15, 0.2) is 0 Å². The van der Waals surface area contributed by atoms with E-state index >= 15 is 0 Å². The van der Waals surface area contributed by atoms with E-state index in [4.69, 9.17) is 5.11 Å². The van der Waals surface area contributed by atoms with E-state index < -0.39 is 11.9 Å². The van der Waals surface area contributed by atoms with Crippen molar-refractivity contribution in [2.75, 3.05) is 0 Å². The molecule has 3 N–H and O–H groups in total. The highest BCUT2D eigenvalue weighted by atomic mass is 32.1. The summed E-state index contributed by atoms with van der Waals surface area (Å²) in [7, 11) is 0. The Labute approximate surface area is 131 Å². The molecule has 22 heavy (non-hydrogen) atoms. The van der Waals surface area contributed by atoms with Crippen LogP contribution in [0.2, 0.25) is 0 Å². The summed E-state index contributed by atoms with van der Waals surface area (Å²) in [6.45, 7) is 1.93. The quantitative estimate of drug-likeness (QED) is 0.806. The third kappa shape index (κ3) is 2.89. The van der Waals surface area contributed by atoms with Crippen molar-refractivity contribution in [1.29, 1.82) is 0 Å². The Bertz CT molecular complexity index is 706. The Kier molecular flexibility index (Phi) is 3.98. The Morgan fingerprint density at radius 2 is 2.27 bits per heavy atom. The van der Waals surface area contributed by atoms with Crippen molar-refractivity contribution in [1.82, 2.24) is 15.3 Å². The number of carbonyl (C=O) groups excluding carboxylic acids is 1. The SMILES string of the molecule is Cc1nc(-c2c[nH]c(C(=O)N[C@@H]3CCC[C@@H]3C(=O)O)c2)cs1. The van der Waals surface area contributed by atoms with Crippen molar-refractivity contribution < 1.29 is 14.7 Å². The van der Waals surface area contributed by atoms with E-state index in [0.717, 1.165) is 22.7 Å². The summed E-state index contributed by atoms with van der Waals surface area (Å²) in [6, 6.07) is 1.45. The fourth-order valence-corrected chi connectivity index (χ4v) is 3.47. The number of aromatic nitrogens is 2. The molecule has 0 saturated heterocycles. The van der Waals surface area contributed by atoms with Crippen LogP contribution >= 0.6 is 11.3 Å². The van der Waals surface area contributed by atoms with Crippen molar-refractivity contribution in [3.05, 3.63) is 28.3 Å². The van der Waals surface area contributed by atoms with Gasteiger partial charge in [-0.05, 0) is 25.8 Å². The number of carboxylic acid groups (broad SMARTS) is 1. The maximum Gasteiger partial charge on any atom is 0.308 e. The molecule has 6 nitrogen and oxygen atoms in total. The average Bonchev–Trinajstić information content (AvgIpc) is 3.16. The molecule has 7 heteroatoms. The molecule has 2 heterocycles. The lowest BCUT2D eigenvalue weighted by Gasteiger charge is -2.16. The minimum absolute atomic E-state index is 0.267. The van der Waals surface area contributed by atoms with Crippen molar-refractivity contribution in [2.24, 2.45) is 5.92 Å². The minimum atomic E-state index is -0.840. The first-order valence-corrected chi connectivity index (χ1v) is 8.07. The molecule has 3 rings (SSSR count). The molecule has 0 aromatic carbocycles. The number of aliphatic carboxylic acids is 1. The molecule has 2 aromatic heterocycles. The highest BCUT2D eigenvalue weighted by Gasteiger charge is 2.34. The Morgan fingerprint density at radius 3 is 2.95 bits per heavy atom. The van der Waals surface area contributed by atoms with Gasteiger partial charge < -0.3 is 15.4 Å². The second-order valence-electron chi connectivity index (χ2n) is 5.51. The molecular formula is C15H17N3O3S. The summed E-state index contributed by atoms with van der Waals surface area (Å²) in [5.74, 6) is -1.59. The van der Waals surface area contributed by atoms with E-state index in [1.807, 2.05) is 12.3 Å². The number of thiazole rings is 1. The summed E-state index contributed by atoms with van der Waals surface area (Å²) in [5.41, 5.74) is 2.12. The van der Waals surface area contributed by atoms with Gasteiger partial charge >= 0.3 is 5.97 Å². The largest absolute Gasteiger partial charge is 0.481 e. The standard InChI is InChI=1S/C15H17N3O3S/c1-8-17-13(7-22-8)9-5-12(16-6-9)14(19)18-11-4-2-3-10(11)15(20)21/h5-7,10-11,16H,2-4H2,1H3,(H,18,19)(H,20,21)/t10-,11+/m0/s1. The van der Waals surface area contributed by atoms with Crippen molar-refractivity contribution in [2.45, 2.75) is 32.2 Å². The molecule has 1 saturated carbocycles. The lowest BCUT2D eigenvalue weighted by atomic mass is 10.0. The number of H-pyrrole nitrogens is 1. The number of hydrogen-bond acceptors (Lipinski definition) is 4. The van der Waals surface area contributed by atoms with Crippen molar-refractivity contribution in [3.8, 4) is 11.3 Å². The number of aryl methyl sites for hydroxylation is 1. The molecule has 116 valence electrons. The first-order chi connectivity index (χ1) is 10.5. The number of amides is 1. The Balaban J connectivity index is 1.71. The highest BCUT2D eigenvalue weighted by molar-refractivity contribution is 7.09. The molecule has 0 bridgehead atoms. The zero-order chi connectivity index (χ0) is 15.7. The molecular weight excluding hydrogens is 302 g/mol. The second kappa shape index (κ2) is 5.92. The monoisotopic (exact) mass is 319 g/mol. The highest BCUT2D eigenvalue weighted by Crippen LogP contribution is 2.26. The fraction of sp³-hybridized carbons (Fsp3) is 0.400. The minimum Gasteiger partial charge on any atom is -0.481 e. The van der Waals surface area contributed by atoms with Crippen LogP contribution < -0.4 is 5.32 Å². The van der Waals surface area contributed by atoms with Crippen LogP contribution in [0.4, 0.5) is 0 Å². The van der Waals surface area contributed by atoms with Gasteiger partial charge in [-0.25, -0.2) is 4.98 Å². The van der Waals surface area contributed by atoms with Crippen LogP contribution in [0, 0.1) is 12.8 Å². The molecule has 0 unspecified atom stereocenters. The first-order valence-electron chi connectivity index (χ1n) is 7.19. The smallest absolute Gasteiger partial charge is 0.308 e. The number of nitrogens with zero attached hydrogens (tertiary/aromatic N) is 1. The number of nitrogens with one attached hydrogen (secondary N) is 2. The molecule has 1 aliphatic carbocycles. The van der Waals surface area contributed by atoms with Crippen LogP contribution in [0.25, 0.3) is 11.3 Å². The van der Waals surface area contributed by atoms with Crippen LogP contribution in [-0.2, 0) is 4.79 Å². The van der Waals surface area contributed by atoms with Crippen LogP contribution in [0.5, 0.6) is 0 Å². The second-order valence-corrected chi connectivity index (χ2v) is 6.57. The molecule has 2 atom stereocenters. The predicted molar refractivity (Wildman–Crippen MR) is 82.9 cm³/mol. The summed E-state index contributed by atoms with van der Waals surface area (Å²) in [6.07, 6.45) is 3.90. The maximum absolute atomic E-state index is 12.3. The normalized spacial score (nSPS) is 21.0. The predicted octanol–water partition coefficient (Wildman–Crippen LogP) is 2.43. The van der Waals surface area contributed by atoms with E-state index in [0.29, 0.717) is 18.5 Å². The number of rotatable bonds is 4. The molecule has 1 fully saturated rings. The number of carbonyl (C=O) groups is 2. The first kappa shape index (κ1) is 14.8. The van der Waals surface area contributed by atoms with Crippen molar-refractivity contribution >= 4 is 23.2 Å². The third-order valence-corrected chi connectivity index (χ3v) is 4.77. The van der Waals surface area contributed by atoms with Crippen LogP contribution in [0.1, 0.15) is 34.8 Å². The van der Waals surface area contributed by atoms with E-state index in [1.54, 1.807) is 23.6 Å². The maximum atomic E-state index is 12.3. The topological polar surface area (TPSA) is 95.1 Å². The summed E-state index contributed by atoms with van der Waals surface area (Å²) in [5, 5.41) is 14.9. The summed E-state index contributed by atoms with van der Waals surface area (Å²) in [4.78, 5) is 30.7. The molecule has 0 aliphatic heterocycles. The van der Waals surface area contributed by atoms with Gasteiger partial charge in [-0.15, -0.1) is 11.3 Å². The van der Waals surface area contributed by atoms with Gasteiger partial charge in [0, 0.05) is 23.2 Å². The van der Waals surface area contributed by atoms with Gasteiger partial charge in [-0.2, -0.15) is 0 Å². The van der Waals surface area contributed by atoms with E-state index in [-0.39, 0.29) is 11.9 Å². The number of carboxylic acids is 1. The molecule has 1 aliphatic rings. The van der Waals surface area contributed by atoms with Gasteiger partial charge in [0.2, 0.25) is 0 Å². The molecule has 0 radical (unpaired) electrons. The number of hydrogen-bond donors (Lipinski definition) is 3. The fourth-order valence-electron chi connectivity index (χ4n) is 2.84. The summed E-state index contributed by atoms with van der Waals surface area (Å²) < 4.78 is 0. The van der Waals surface area contributed by atoms with Gasteiger partial charge in [-0.1, -0.05) is 6.42 Å². The van der Waals surface area contributed by atoms with Crippen LogP contribution in [-0.4, -0.2) is 33.0 Å². The van der Waals surface area contributed by atoms with E-state index in [9.17, 15) is 9.59 Å². The summed E-state index contributed by atoms with van der Waals surface area (Å²) >= 11 is 1.56. The van der Waals surface area contributed by atoms with Gasteiger partial charge in [0.25, 0.3) is 5.91 Å². The Morgan fingerprint density at radius 1 is 1.45 bits per heavy atom. The van der Waals surface area contributed by atoms with Gasteiger partial charge in [0.05, 0.1) is 16.6 Å². The zero-order valence-corrected chi connectivity index (χ0v) is 12.9. The van der Waals surface area contributed by atoms with Crippen LogP contribution in [0.15, 0.2) is 17.6 Å². The van der Waals surface area contributed by atoms with Crippen molar-refractivity contribution in [3.63, 3.8) is 0 Å². The number of aromatic amines is 1. The Hall–Kier alpha value is -2.15. The van der Waals surface area contributed by atoms with Gasteiger partial charge in [0.1, 0.15) is 5.69 Å². The van der Waals surface area contributed by atoms with Gasteiger partial charge in [-0.3, -0.25) is 9.59 Å². The third-order valence-electron chi connectivity index (χ3n) is 3.99. The molecule has 1 amide bonds. The zero-order valence-electron chi connectivity index (χ0n) is 12.1.